The second kappa shape index (κ2) is 2.87. The summed E-state index contributed by atoms with van der Waals surface area (Å²) in [5.41, 5.74) is 0.205. The van der Waals surface area contributed by atoms with Gasteiger partial charge in [0.15, 0.2) is 11.4 Å². The van der Waals surface area contributed by atoms with E-state index in [-0.39, 0.29) is 17.3 Å². The number of carbonyl (C=O) groups is 1. The van der Waals surface area contributed by atoms with Gasteiger partial charge in [-0.2, -0.15) is 4.98 Å². The molecule has 0 aromatic carbocycles. The highest BCUT2D eigenvalue weighted by Crippen LogP contribution is 2.16. The van der Waals surface area contributed by atoms with Crippen molar-refractivity contribution < 1.29 is 15.0 Å². The first kappa shape index (κ1) is 8.30. The first-order chi connectivity index (χ1) is 6.66. The number of hydrogen-bond acceptors (Lipinski definition) is 4. The molecule has 0 aliphatic carbocycles. The van der Waals surface area contributed by atoms with Crippen LogP contribution in [0.15, 0.2) is 18.3 Å². The molecule has 1 amide bonds. The molecule has 0 unspecified atom stereocenters. The lowest BCUT2D eigenvalue weighted by Crippen LogP contribution is -2.08. The topological polar surface area (TPSA) is 99.8 Å². The number of nitrogens with zero attached hydrogens (tertiary/aromatic N) is 3. The van der Waals surface area contributed by atoms with Crippen molar-refractivity contribution in [2.45, 2.75) is 0 Å². The van der Waals surface area contributed by atoms with E-state index >= 15 is 0 Å². The van der Waals surface area contributed by atoms with E-state index in [1.165, 1.54) is 10.6 Å². The smallest absolute Gasteiger partial charge is 0.411 e. The molecule has 3 N–H and O–H groups in total. The zero-order valence-corrected chi connectivity index (χ0v) is 6.88. The van der Waals surface area contributed by atoms with Crippen molar-refractivity contribution in [2.24, 2.45) is 0 Å². The number of rotatable bonds is 1. The van der Waals surface area contributed by atoms with Crippen LogP contribution in [-0.4, -0.2) is 30.9 Å². The van der Waals surface area contributed by atoms with Crippen LogP contribution in [0.1, 0.15) is 0 Å². The molecule has 2 aromatic rings. The summed E-state index contributed by atoms with van der Waals surface area (Å²) in [6.45, 7) is 0. The highest BCUT2D eigenvalue weighted by molar-refractivity contribution is 5.80. The van der Waals surface area contributed by atoms with Crippen LogP contribution in [0.25, 0.3) is 5.65 Å². The zero-order valence-electron chi connectivity index (χ0n) is 6.88. The SMILES string of the molecule is O=C(O)Nc1nc2c(O)cccn2n1. The van der Waals surface area contributed by atoms with E-state index in [4.69, 9.17) is 5.11 Å². The molecule has 14 heavy (non-hydrogen) atoms. The maximum atomic E-state index is 10.3. The minimum Gasteiger partial charge on any atom is -0.504 e. The van der Waals surface area contributed by atoms with Gasteiger partial charge in [-0.3, -0.25) is 5.32 Å². The van der Waals surface area contributed by atoms with Crippen molar-refractivity contribution in [3.63, 3.8) is 0 Å². The Balaban J connectivity index is 2.51. The highest BCUT2D eigenvalue weighted by Gasteiger charge is 2.08. The fraction of sp³-hybridized carbons (Fsp3) is 0. The van der Waals surface area contributed by atoms with E-state index in [0.29, 0.717) is 0 Å². The Morgan fingerprint density at radius 2 is 2.36 bits per heavy atom. The Morgan fingerprint density at radius 1 is 1.57 bits per heavy atom. The molecule has 0 fully saturated rings. The Morgan fingerprint density at radius 3 is 3.00 bits per heavy atom. The Hall–Kier alpha value is -2.31. The third-order valence-electron chi connectivity index (χ3n) is 1.56. The monoisotopic (exact) mass is 194 g/mol. The van der Waals surface area contributed by atoms with E-state index in [0.717, 1.165) is 0 Å². The van der Waals surface area contributed by atoms with E-state index in [9.17, 15) is 9.90 Å². The number of nitrogens with one attached hydrogen (secondary N) is 1. The zero-order chi connectivity index (χ0) is 10.1. The number of pyridine rings is 1. The van der Waals surface area contributed by atoms with Gasteiger partial charge in [0, 0.05) is 6.20 Å². The van der Waals surface area contributed by atoms with Crippen LogP contribution >= 0.6 is 0 Å². The number of aromatic hydroxyl groups is 1. The molecule has 72 valence electrons. The predicted octanol–water partition coefficient (Wildman–Crippen LogP) is 0.525. The van der Waals surface area contributed by atoms with Crippen LogP contribution in [0, 0.1) is 0 Å². The third kappa shape index (κ3) is 1.30. The molecule has 0 atom stereocenters. The van der Waals surface area contributed by atoms with E-state index in [1.807, 2.05) is 5.32 Å². The molecule has 0 spiro atoms. The normalized spacial score (nSPS) is 10.3. The number of aromatic nitrogens is 3. The number of amides is 1. The maximum Gasteiger partial charge on any atom is 0.411 e. The molecule has 2 rings (SSSR count). The summed E-state index contributed by atoms with van der Waals surface area (Å²) in [6.07, 6.45) is 0.301. The largest absolute Gasteiger partial charge is 0.504 e. The van der Waals surface area contributed by atoms with E-state index in [1.54, 1.807) is 12.3 Å². The van der Waals surface area contributed by atoms with Crippen LogP contribution in [0.4, 0.5) is 10.7 Å². The summed E-state index contributed by atoms with van der Waals surface area (Å²) in [6, 6.07) is 3.01. The Labute approximate surface area is 77.6 Å². The molecule has 0 radical (unpaired) electrons. The van der Waals surface area contributed by atoms with E-state index < -0.39 is 6.09 Å². The minimum atomic E-state index is -1.25. The van der Waals surface area contributed by atoms with Crippen LogP contribution in [0.2, 0.25) is 0 Å². The molecule has 2 aromatic heterocycles. The number of hydrogen-bond donors (Lipinski definition) is 3. The summed E-state index contributed by atoms with van der Waals surface area (Å²) in [5.74, 6) is -0.127. The number of anilines is 1. The van der Waals surface area contributed by atoms with Crippen molar-refractivity contribution in [1.29, 1.82) is 0 Å². The van der Waals surface area contributed by atoms with Crippen molar-refractivity contribution in [2.75, 3.05) is 5.32 Å². The molecule has 0 aliphatic heterocycles. The Kier molecular flexibility index (Phi) is 1.70. The van der Waals surface area contributed by atoms with Gasteiger partial charge in [-0.25, -0.2) is 9.31 Å². The van der Waals surface area contributed by atoms with Crippen LogP contribution in [-0.2, 0) is 0 Å². The van der Waals surface area contributed by atoms with Crippen molar-refractivity contribution in [3.8, 4) is 5.75 Å². The van der Waals surface area contributed by atoms with Gasteiger partial charge in [-0.05, 0) is 12.1 Å². The summed E-state index contributed by atoms with van der Waals surface area (Å²) in [7, 11) is 0. The lowest BCUT2D eigenvalue weighted by Gasteiger charge is -1.90. The molecule has 2 heterocycles. The summed E-state index contributed by atoms with van der Waals surface area (Å²) in [4.78, 5) is 14.0. The van der Waals surface area contributed by atoms with Crippen molar-refractivity contribution >= 4 is 17.7 Å². The van der Waals surface area contributed by atoms with Crippen LogP contribution < -0.4 is 5.32 Å². The molecule has 0 saturated carbocycles. The average molecular weight is 194 g/mol. The van der Waals surface area contributed by atoms with Gasteiger partial charge >= 0.3 is 6.09 Å². The minimum absolute atomic E-state index is 0.0570. The first-order valence-corrected chi connectivity index (χ1v) is 3.71. The molecular formula is C7H6N4O3. The molecular weight excluding hydrogens is 188 g/mol. The van der Waals surface area contributed by atoms with Gasteiger partial charge in [0.25, 0.3) is 5.95 Å². The average Bonchev–Trinajstić information content (AvgIpc) is 2.47. The van der Waals surface area contributed by atoms with Gasteiger partial charge in [0.1, 0.15) is 0 Å². The van der Waals surface area contributed by atoms with Crippen LogP contribution in [0.3, 0.4) is 0 Å². The second-order valence-corrected chi connectivity index (χ2v) is 2.53. The third-order valence-corrected chi connectivity index (χ3v) is 1.56. The first-order valence-electron chi connectivity index (χ1n) is 3.71. The number of carboxylic acid groups (broad SMARTS) is 1. The maximum absolute atomic E-state index is 10.3. The van der Waals surface area contributed by atoms with Gasteiger partial charge in [-0.15, -0.1) is 5.10 Å². The fourth-order valence-corrected chi connectivity index (χ4v) is 1.04. The lowest BCUT2D eigenvalue weighted by atomic mass is 10.4. The molecule has 0 aliphatic rings. The molecule has 0 saturated heterocycles. The van der Waals surface area contributed by atoms with Crippen LogP contribution in [0.5, 0.6) is 5.75 Å². The molecule has 0 bridgehead atoms. The summed E-state index contributed by atoms with van der Waals surface area (Å²) in [5, 5.41) is 23.5. The van der Waals surface area contributed by atoms with E-state index in [2.05, 4.69) is 10.1 Å². The fourth-order valence-electron chi connectivity index (χ4n) is 1.04. The van der Waals surface area contributed by atoms with Gasteiger partial charge in [0.2, 0.25) is 0 Å². The number of fused-ring (bicyclic) bond motifs is 1. The van der Waals surface area contributed by atoms with Crippen molar-refractivity contribution in [3.05, 3.63) is 18.3 Å². The van der Waals surface area contributed by atoms with Crippen molar-refractivity contribution in [1.82, 2.24) is 14.6 Å². The standard InChI is InChI=1S/C7H6N4O3/c12-4-2-1-3-11-5(4)8-6(10-11)9-7(13)14/h1-3,12H,(H,9,10)(H,13,14). The Bertz CT molecular complexity index is 493. The van der Waals surface area contributed by atoms with Gasteiger partial charge in [0.05, 0.1) is 0 Å². The second-order valence-electron chi connectivity index (χ2n) is 2.53. The lowest BCUT2D eigenvalue weighted by molar-refractivity contribution is 0.209. The summed E-state index contributed by atoms with van der Waals surface area (Å²) < 4.78 is 1.28. The molecule has 7 heteroatoms. The predicted molar refractivity (Wildman–Crippen MR) is 46.3 cm³/mol. The summed E-state index contributed by atoms with van der Waals surface area (Å²) >= 11 is 0. The molecule has 7 nitrogen and oxygen atoms in total. The highest BCUT2D eigenvalue weighted by atomic mass is 16.4. The quantitative estimate of drug-likeness (QED) is 0.614. The van der Waals surface area contributed by atoms with Gasteiger partial charge < -0.3 is 10.2 Å². The van der Waals surface area contributed by atoms with Gasteiger partial charge in [-0.1, -0.05) is 0 Å².